The first kappa shape index (κ1) is 77.7. The van der Waals surface area contributed by atoms with Crippen molar-refractivity contribution in [2.45, 2.75) is 69.5 Å². The van der Waals surface area contributed by atoms with Crippen LogP contribution in [0.15, 0.2) is 53.8 Å². The number of imidazole rings is 1. The monoisotopic (exact) mass is 1380 g/mol. The van der Waals surface area contributed by atoms with E-state index in [0.29, 0.717) is 56.2 Å². The van der Waals surface area contributed by atoms with Crippen molar-refractivity contribution in [1.82, 2.24) is 65.3 Å². The van der Waals surface area contributed by atoms with Gasteiger partial charge in [0.25, 0.3) is 16.0 Å². The highest BCUT2D eigenvalue weighted by Crippen LogP contribution is 2.26. The zero-order valence-corrected chi connectivity index (χ0v) is 54.8. The second kappa shape index (κ2) is 40.4. The van der Waals surface area contributed by atoms with Crippen LogP contribution < -0.4 is 36.0 Å². The van der Waals surface area contributed by atoms with Gasteiger partial charge in [-0.15, -0.1) is 0 Å². The van der Waals surface area contributed by atoms with Gasteiger partial charge in [-0.25, -0.2) is 13.4 Å². The van der Waals surface area contributed by atoms with Gasteiger partial charge in [0.15, 0.2) is 5.95 Å². The molecule has 12 N–H and O–H groups in total. The number of hydrogen-bond acceptors (Lipinski definition) is 23. The molecule has 0 radical (unpaired) electrons. The summed E-state index contributed by atoms with van der Waals surface area (Å²) in [7, 11) is -9.18. The van der Waals surface area contributed by atoms with E-state index in [-0.39, 0.29) is 159 Å². The molecule has 2 atom stereocenters. The average molecular weight is 1380 g/mol. The van der Waals surface area contributed by atoms with E-state index >= 15 is 0 Å². The maximum absolute atomic E-state index is 13.6. The van der Waals surface area contributed by atoms with Crippen molar-refractivity contribution in [3.8, 4) is 5.75 Å². The maximum atomic E-state index is 13.6. The minimum Gasteiger partial charge on any atom is -0.494 e. The van der Waals surface area contributed by atoms with Crippen molar-refractivity contribution in [1.29, 1.82) is 0 Å². The van der Waals surface area contributed by atoms with Crippen LogP contribution >= 0.6 is 0 Å². The number of carboxylic acid groups (broad SMARTS) is 4. The lowest BCUT2D eigenvalue weighted by molar-refractivity contribution is -0.140. The minimum absolute atomic E-state index is 0.0133. The van der Waals surface area contributed by atoms with Crippen molar-refractivity contribution in [2.24, 2.45) is 0 Å². The summed E-state index contributed by atoms with van der Waals surface area (Å²) < 4.78 is 87.0. The number of carbonyl (C=O) groups is 8. The molecule has 528 valence electrons. The van der Waals surface area contributed by atoms with E-state index in [1.807, 2.05) is 0 Å². The highest BCUT2D eigenvalue weighted by atomic mass is 32.2. The van der Waals surface area contributed by atoms with Gasteiger partial charge in [-0.3, -0.25) is 67.2 Å². The number of aromatic nitrogens is 4. The molecule has 35 nitrogen and oxygen atoms in total. The minimum atomic E-state index is -4.76. The van der Waals surface area contributed by atoms with Crippen LogP contribution in [0.2, 0.25) is 0 Å². The molecule has 1 aliphatic rings. The van der Waals surface area contributed by atoms with Crippen LogP contribution in [-0.4, -0.2) is 297 Å². The van der Waals surface area contributed by atoms with Crippen molar-refractivity contribution >= 4 is 84.5 Å². The van der Waals surface area contributed by atoms with Gasteiger partial charge >= 0.3 is 23.9 Å². The molecule has 4 amide bonds. The third kappa shape index (κ3) is 30.1. The van der Waals surface area contributed by atoms with Crippen LogP contribution in [0.3, 0.4) is 0 Å². The molecule has 5 rings (SSSR count). The predicted molar refractivity (Wildman–Crippen MR) is 341 cm³/mol. The third-order valence-corrected chi connectivity index (χ3v) is 17.1. The Labute approximate surface area is 549 Å². The number of anilines is 1. The molecule has 0 bridgehead atoms. The lowest BCUT2D eigenvalue weighted by atomic mass is 10.1. The molecule has 0 saturated carbocycles. The summed E-state index contributed by atoms with van der Waals surface area (Å²) in [6, 6.07) is 4.53. The Morgan fingerprint density at radius 3 is 1.71 bits per heavy atom. The molecule has 4 aromatic rings. The summed E-state index contributed by atoms with van der Waals surface area (Å²) in [4.78, 5) is 112. The number of aryl methyl sites for hydroxylation is 3. The lowest BCUT2D eigenvalue weighted by Gasteiger charge is -2.33. The Kier molecular flexibility index (Phi) is 33.1. The van der Waals surface area contributed by atoms with Gasteiger partial charge in [-0.1, -0.05) is 0 Å². The molecule has 0 aliphatic carbocycles. The van der Waals surface area contributed by atoms with Crippen LogP contribution in [0.4, 0.5) is 5.95 Å². The summed E-state index contributed by atoms with van der Waals surface area (Å²) in [6.07, 6.45) is 7.05. The number of H-pyrrole nitrogens is 1. The molecule has 95 heavy (non-hydrogen) atoms. The fourth-order valence-electron chi connectivity index (χ4n) is 9.93. The summed E-state index contributed by atoms with van der Waals surface area (Å²) in [5, 5.41) is 56.8. The summed E-state index contributed by atoms with van der Waals surface area (Å²) in [5.74, 6) is -7.53. The number of sulfonamides is 1. The number of nitrogens with one attached hydrogen (secondary N) is 7. The Hall–Kier alpha value is -7.98. The third-order valence-electron chi connectivity index (χ3n) is 14.5. The number of amides is 4. The number of benzene rings is 2. The van der Waals surface area contributed by atoms with E-state index in [4.69, 9.17) is 18.9 Å². The lowest BCUT2D eigenvalue weighted by Crippen LogP contribution is -2.54. The first-order chi connectivity index (χ1) is 45.2. The molecule has 0 unspecified atom stereocenters. The molecule has 1 saturated heterocycles. The summed E-state index contributed by atoms with van der Waals surface area (Å²) >= 11 is 0. The van der Waals surface area contributed by atoms with E-state index in [0.717, 1.165) is 11.9 Å². The van der Waals surface area contributed by atoms with Crippen molar-refractivity contribution in [2.75, 3.05) is 162 Å². The molecule has 2 aromatic heterocycles. The fraction of sp³-hybridized carbons (Fsp3) is 0.586. The van der Waals surface area contributed by atoms with Crippen molar-refractivity contribution in [3.63, 3.8) is 0 Å². The van der Waals surface area contributed by atoms with Crippen molar-refractivity contribution in [3.05, 3.63) is 65.6 Å². The van der Waals surface area contributed by atoms with E-state index in [1.54, 1.807) is 61.1 Å². The molecule has 37 heteroatoms. The highest BCUT2D eigenvalue weighted by Gasteiger charge is 2.31. The quantitative estimate of drug-likeness (QED) is 0.0170. The second-order valence-corrected chi connectivity index (χ2v) is 25.4. The van der Waals surface area contributed by atoms with Gasteiger partial charge in [0.2, 0.25) is 27.7 Å². The molecular formula is C58H88N14O21S2. The summed E-state index contributed by atoms with van der Waals surface area (Å²) in [6.45, 7) is 5.25. The number of fused-ring (bicyclic) bond motifs is 1. The standard InChI is InChI=1S/C58H88N14O21S2/c1-41-31-45(32-42(2)54(41)95(88,89)67-46(57(83)84)35-64-55(81)43-8-9-48-44(33-43)34-65-72(48)15-4-10-61-58-62-13-14-63-58)93-26-3-7-49(73)59-11-5-24-90-27-29-92-30-28-91-25-6-12-60-56(82)47(40-94(85,86)87)66-50(74)36-68-16-18-69(37-51(75)76)20-22-71(39-53(79)80)23-21-70(19-17-68)38-52(77)78/h8-9,13-14,31-34,46-47,67H,3-7,10-12,15-30,35-40H2,1-2H3,(H,59,73)(H,60,82)(H,64,81)(H,66,74)(H,75,76)(H,77,78)(H,79,80)(H,83,84)(H2,61,62,63)(H,85,86,87)/t46-,47-/m1/s1. The topological polar surface area (TPSA) is 475 Å². The molecule has 1 fully saturated rings. The normalized spacial score (nSPS) is 14.8. The van der Waals surface area contributed by atoms with E-state index in [9.17, 15) is 80.2 Å². The first-order valence-electron chi connectivity index (χ1n) is 30.8. The van der Waals surface area contributed by atoms with Crippen LogP contribution in [-0.2, 0) is 74.5 Å². The van der Waals surface area contributed by atoms with Gasteiger partial charge in [0, 0.05) is 128 Å². The first-order valence-corrected chi connectivity index (χ1v) is 33.9. The maximum Gasteiger partial charge on any atom is 0.323 e. The number of carbonyl (C=O) groups excluding carboxylic acids is 4. The van der Waals surface area contributed by atoms with E-state index < -0.39 is 92.7 Å². The Morgan fingerprint density at radius 1 is 0.632 bits per heavy atom. The van der Waals surface area contributed by atoms with Crippen LogP contribution in [0, 0.1) is 13.8 Å². The Morgan fingerprint density at radius 2 is 1.18 bits per heavy atom. The van der Waals surface area contributed by atoms with Gasteiger partial charge < -0.3 is 70.9 Å². The number of rotatable bonds is 43. The van der Waals surface area contributed by atoms with Gasteiger partial charge in [-0.05, 0) is 81.0 Å². The number of carboxylic acids is 4. The number of ether oxygens (including phenoxy) is 4. The molecule has 0 spiro atoms. The number of aliphatic carboxylic acids is 4. The number of hydrogen-bond donors (Lipinski definition) is 12. The van der Waals surface area contributed by atoms with Crippen molar-refractivity contribution < 1.29 is 99.1 Å². The molecular weight excluding hydrogens is 1290 g/mol. The summed E-state index contributed by atoms with van der Waals surface area (Å²) in [5.41, 5.74) is 1.59. The molecule has 3 heterocycles. The van der Waals surface area contributed by atoms with E-state index in [1.165, 1.54) is 26.0 Å². The van der Waals surface area contributed by atoms with E-state index in [2.05, 4.69) is 46.4 Å². The SMILES string of the molecule is Cc1cc(OCCCC(=O)NCCCOCCOCCOCCCNC(=O)[C@@H](CS(=O)(=O)O)NC(=O)CN2CCN(CC(=O)O)CCN(CC(=O)O)CCN(CC(=O)O)CC2)cc(C)c1S(=O)(=O)N[C@H](CNC(=O)c1ccc2c(cnn2CCCNc2ncc[nH]2)c1)C(=O)O. The fourth-order valence-corrected chi connectivity index (χ4v) is 12.2. The predicted octanol–water partition coefficient (Wildman–Crippen LogP) is -1.89. The average Bonchev–Trinajstić information content (AvgIpc) is 1.80. The van der Waals surface area contributed by atoms with Gasteiger partial charge in [0.05, 0.1) is 75.8 Å². The smallest absolute Gasteiger partial charge is 0.323 e. The Bertz CT molecular complexity index is 3320. The zero-order chi connectivity index (χ0) is 69.3. The molecule has 1 aliphatic heterocycles. The van der Waals surface area contributed by atoms with Crippen LogP contribution in [0.1, 0.15) is 53.6 Å². The molecule has 2 aromatic carbocycles. The largest absolute Gasteiger partial charge is 0.494 e. The second-order valence-electron chi connectivity index (χ2n) is 22.3. The number of aromatic amines is 1. The zero-order valence-electron chi connectivity index (χ0n) is 53.2. The highest BCUT2D eigenvalue weighted by molar-refractivity contribution is 7.89. The van der Waals surface area contributed by atoms with Crippen LogP contribution in [0.25, 0.3) is 10.9 Å². The Balaban J connectivity index is 0.900. The van der Waals surface area contributed by atoms with Crippen LogP contribution in [0.5, 0.6) is 5.75 Å². The van der Waals surface area contributed by atoms with Gasteiger partial charge in [-0.2, -0.15) is 18.2 Å². The number of nitrogens with zero attached hydrogens (tertiary/aromatic N) is 7. The van der Waals surface area contributed by atoms with Gasteiger partial charge in [0.1, 0.15) is 23.6 Å².